The fourth-order valence-corrected chi connectivity index (χ4v) is 2.33. The van der Waals surface area contributed by atoms with Crippen LogP contribution >= 0.6 is 0 Å². The zero-order chi connectivity index (χ0) is 13.2. The third-order valence-electron chi connectivity index (χ3n) is 2.30. The zero-order valence-corrected chi connectivity index (χ0v) is 10.5. The molecule has 2 heterocycles. The van der Waals surface area contributed by atoms with Crippen molar-refractivity contribution in [3.8, 4) is 11.3 Å². The first kappa shape index (κ1) is 12.6. The second-order valence-corrected chi connectivity index (χ2v) is 6.12. The number of hydrogen-bond acceptors (Lipinski definition) is 4. The van der Waals surface area contributed by atoms with E-state index < -0.39 is 15.7 Å². The normalized spacial score (nSPS) is 11.4. The summed E-state index contributed by atoms with van der Waals surface area (Å²) in [5.41, 5.74) is 1.37. The van der Waals surface area contributed by atoms with Crippen LogP contribution < -0.4 is 0 Å². The first-order chi connectivity index (χ1) is 8.46. The van der Waals surface area contributed by atoms with E-state index in [0.29, 0.717) is 16.8 Å². The zero-order valence-electron chi connectivity index (χ0n) is 9.67. The van der Waals surface area contributed by atoms with Gasteiger partial charge in [-0.2, -0.15) is 0 Å². The van der Waals surface area contributed by atoms with Crippen molar-refractivity contribution in [3.05, 3.63) is 48.2 Å². The van der Waals surface area contributed by atoms with Gasteiger partial charge in [0.05, 0.1) is 17.6 Å². The summed E-state index contributed by atoms with van der Waals surface area (Å²) in [6, 6.07) is 4.75. The van der Waals surface area contributed by atoms with E-state index in [1.807, 2.05) is 0 Å². The Kier molecular flexibility index (Phi) is 3.38. The Labute approximate surface area is 104 Å². The Morgan fingerprint density at radius 2 is 2.00 bits per heavy atom. The van der Waals surface area contributed by atoms with E-state index in [-0.39, 0.29) is 5.75 Å². The van der Waals surface area contributed by atoms with Crippen molar-refractivity contribution >= 4 is 9.84 Å². The fraction of sp³-hybridized carbons (Fsp3) is 0.167. The van der Waals surface area contributed by atoms with Crippen molar-refractivity contribution in [3.63, 3.8) is 0 Å². The molecule has 0 bridgehead atoms. The number of rotatable bonds is 3. The molecule has 0 N–H and O–H groups in total. The number of sulfone groups is 1. The first-order valence-corrected chi connectivity index (χ1v) is 7.24. The highest BCUT2D eigenvalue weighted by atomic mass is 32.2. The maximum Gasteiger partial charge on any atom is 0.151 e. The second kappa shape index (κ2) is 4.81. The van der Waals surface area contributed by atoms with E-state index in [4.69, 9.17) is 0 Å². The van der Waals surface area contributed by atoms with Gasteiger partial charge in [-0.3, -0.25) is 9.97 Å². The molecule has 2 rings (SSSR count). The van der Waals surface area contributed by atoms with E-state index in [9.17, 15) is 12.8 Å². The van der Waals surface area contributed by atoms with Gasteiger partial charge in [-0.05, 0) is 17.7 Å². The van der Waals surface area contributed by atoms with Crippen molar-refractivity contribution in [2.24, 2.45) is 0 Å². The molecule has 0 fully saturated rings. The molecule has 0 saturated heterocycles. The van der Waals surface area contributed by atoms with Crippen molar-refractivity contribution in [1.29, 1.82) is 0 Å². The summed E-state index contributed by atoms with van der Waals surface area (Å²) in [4.78, 5) is 7.72. The van der Waals surface area contributed by atoms with E-state index in [0.717, 1.165) is 12.5 Å². The number of hydrogen-bond donors (Lipinski definition) is 0. The molecule has 0 saturated carbocycles. The lowest BCUT2D eigenvalue weighted by Gasteiger charge is -2.03. The minimum Gasteiger partial charge on any atom is -0.262 e. The molecule has 0 radical (unpaired) electrons. The minimum absolute atomic E-state index is 0.0703. The maximum absolute atomic E-state index is 13.4. The SMILES string of the molecule is CS(=O)(=O)Cc1ccc(-c2ccncc2F)nc1. The molecule has 0 aliphatic carbocycles. The topological polar surface area (TPSA) is 59.9 Å². The lowest BCUT2D eigenvalue weighted by molar-refractivity contribution is 0.601. The van der Waals surface area contributed by atoms with Crippen LogP contribution in [0.25, 0.3) is 11.3 Å². The smallest absolute Gasteiger partial charge is 0.151 e. The van der Waals surface area contributed by atoms with Crippen LogP contribution in [-0.4, -0.2) is 24.6 Å². The highest BCUT2D eigenvalue weighted by molar-refractivity contribution is 7.89. The quantitative estimate of drug-likeness (QED) is 0.850. The van der Waals surface area contributed by atoms with Crippen LogP contribution in [0.3, 0.4) is 0 Å². The van der Waals surface area contributed by atoms with E-state index in [1.54, 1.807) is 12.1 Å². The number of halogens is 1. The Morgan fingerprint density at radius 1 is 1.22 bits per heavy atom. The van der Waals surface area contributed by atoms with Gasteiger partial charge in [0.2, 0.25) is 0 Å². The molecule has 94 valence electrons. The minimum atomic E-state index is -3.09. The molecule has 6 heteroatoms. The molecule has 2 aromatic heterocycles. The summed E-state index contributed by atoms with van der Waals surface area (Å²) in [6.45, 7) is 0. The van der Waals surface area contributed by atoms with Crippen LogP contribution in [0.4, 0.5) is 4.39 Å². The second-order valence-electron chi connectivity index (χ2n) is 3.98. The highest BCUT2D eigenvalue weighted by Crippen LogP contribution is 2.19. The Morgan fingerprint density at radius 3 is 2.56 bits per heavy atom. The van der Waals surface area contributed by atoms with Crippen molar-refractivity contribution < 1.29 is 12.8 Å². The Balaban J connectivity index is 2.31. The third-order valence-corrected chi connectivity index (χ3v) is 3.16. The van der Waals surface area contributed by atoms with Gasteiger partial charge in [0.15, 0.2) is 15.7 Å². The molecule has 4 nitrogen and oxygen atoms in total. The van der Waals surface area contributed by atoms with Gasteiger partial charge in [-0.15, -0.1) is 0 Å². The van der Waals surface area contributed by atoms with Crippen LogP contribution in [-0.2, 0) is 15.6 Å². The standard InChI is InChI=1S/C12H11FN2O2S/c1-18(16,17)8-9-2-3-12(15-6-9)10-4-5-14-7-11(10)13/h2-7H,8H2,1H3. The van der Waals surface area contributed by atoms with Gasteiger partial charge in [-0.1, -0.05) is 6.07 Å². The van der Waals surface area contributed by atoms with Crippen molar-refractivity contribution in [2.75, 3.05) is 6.26 Å². The number of nitrogens with zero attached hydrogens (tertiary/aromatic N) is 2. The average molecular weight is 266 g/mol. The molecule has 2 aromatic rings. The van der Waals surface area contributed by atoms with Gasteiger partial charge < -0.3 is 0 Å². The average Bonchev–Trinajstić information content (AvgIpc) is 2.29. The van der Waals surface area contributed by atoms with Gasteiger partial charge in [0.1, 0.15) is 0 Å². The molecule has 0 amide bonds. The molecule has 0 atom stereocenters. The monoisotopic (exact) mass is 266 g/mol. The molecule has 0 aliphatic heterocycles. The van der Waals surface area contributed by atoms with Crippen LogP contribution in [0.2, 0.25) is 0 Å². The predicted molar refractivity (Wildman–Crippen MR) is 66.0 cm³/mol. The van der Waals surface area contributed by atoms with Crippen LogP contribution in [0.15, 0.2) is 36.8 Å². The summed E-state index contributed by atoms with van der Waals surface area (Å²) >= 11 is 0. The lowest BCUT2D eigenvalue weighted by atomic mass is 10.1. The molecule has 0 spiro atoms. The third kappa shape index (κ3) is 3.10. The molecule has 0 unspecified atom stereocenters. The Bertz CT molecular complexity index is 654. The summed E-state index contributed by atoms with van der Waals surface area (Å²) in [5, 5.41) is 0. The summed E-state index contributed by atoms with van der Waals surface area (Å²) in [7, 11) is -3.09. The molecular weight excluding hydrogens is 255 g/mol. The van der Waals surface area contributed by atoms with Crippen molar-refractivity contribution in [1.82, 2.24) is 9.97 Å². The van der Waals surface area contributed by atoms with E-state index in [2.05, 4.69) is 9.97 Å². The van der Waals surface area contributed by atoms with Crippen LogP contribution in [0.5, 0.6) is 0 Å². The lowest BCUT2D eigenvalue weighted by Crippen LogP contribution is -2.01. The summed E-state index contributed by atoms with van der Waals surface area (Å²) < 4.78 is 35.7. The van der Waals surface area contributed by atoms with Gasteiger partial charge in [0, 0.05) is 24.2 Å². The van der Waals surface area contributed by atoms with Crippen LogP contribution in [0, 0.1) is 5.82 Å². The highest BCUT2D eigenvalue weighted by Gasteiger charge is 2.08. The Hall–Kier alpha value is -1.82. The molecule has 0 aliphatic rings. The van der Waals surface area contributed by atoms with Gasteiger partial charge in [-0.25, -0.2) is 12.8 Å². The van der Waals surface area contributed by atoms with E-state index in [1.165, 1.54) is 18.5 Å². The maximum atomic E-state index is 13.4. The van der Waals surface area contributed by atoms with E-state index >= 15 is 0 Å². The van der Waals surface area contributed by atoms with Crippen molar-refractivity contribution in [2.45, 2.75) is 5.75 Å². The largest absolute Gasteiger partial charge is 0.262 e. The number of pyridine rings is 2. The van der Waals surface area contributed by atoms with Crippen LogP contribution in [0.1, 0.15) is 5.56 Å². The molecule has 0 aromatic carbocycles. The predicted octanol–water partition coefficient (Wildman–Crippen LogP) is 1.83. The fourth-order valence-electron chi connectivity index (χ4n) is 1.55. The summed E-state index contributed by atoms with van der Waals surface area (Å²) in [6.07, 6.45) is 5.19. The first-order valence-electron chi connectivity index (χ1n) is 5.18. The van der Waals surface area contributed by atoms with Gasteiger partial charge in [0.25, 0.3) is 0 Å². The van der Waals surface area contributed by atoms with Gasteiger partial charge >= 0.3 is 0 Å². The summed E-state index contributed by atoms with van der Waals surface area (Å²) in [5.74, 6) is -0.528. The number of aromatic nitrogens is 2. The molecular formula is C12H11FN2O2S. The molecule has 18 heavy (non-hydrogen) atoms.